The van der Waals surface area contributed by atoms with E-state index in [0.717, 1.165) is 51.1 Å². The van der Waals surface area contributed by atoms with Gasteiger partial charge in [-0.25, -0.2) is 0 Å². The molecule has 0 aliphatic carbocycles. The van der Waals surface area contributed by atoms with Gasteiger partial charge in [0.2, 0.25) is 0 Å². The molecule has 1 aliphatic rings. The average molecular weight is 291 g/mol. The summed E-state index contributed by atoms with van der Waals surface area (Å²) in [5, 5.41) is 3.57. The minimum Gasteiger partial charge on any atom is -0.316 e. The maximum absolute atomic E-state index is 11.7. The lowest BCUT2D eigenvalue weighted by Crippen LogP contribution is -2.39. The van der Waals surface area contributed by atoms with E-state index in [-0.39, 0.29) is 5.56 Å². The zero-order chi connectivity index (χ0) is 15.1. The van der Waals surface area contributed by atoms with E-state index in [9.17, 15) is 4.79 Å². The number of nitrogens with zero attached hydrogens (tertiary/aromatic N) is 2. The standard InChI is InChI=1S/C17H29N3O/c1-15(2)13-18-14-16-6-9-19(10-7-16)11-12-20-8-4-3-5-17(20)21/h3-5,8,15-16,18H,6-7,9-14H2,1-2H3. The Balaban J connectivity index is 1.65. The molecule has 118 valence electrons. The molecule has 0 saturated carbocycles. The number of nitrogens with one attached hydrogen (secondary N) is 1. The van der Waals surface area contributed by atoms with Gasteiger partial charge in [0, 0.05) is 25.4 Å². The van der Waals surface area contributed by atoms with Crippen LogP contribution < -0.4 is 10.9 Å². The number of likely N-dealkylation sites (tertiary alicyclic amines) is 1. The Bertz CT molecular complexity index is 461. The first-order valence-corrected chi connectivity index (χ1v) is 8.23. The summed E-state index contributed by atoms with van der Waals surface area (Å²) in [4.78, 5) is 14.1. The fourth-order valence-corrected chi connectivity index (χ4v) is 2.88. The van der Waals surface area contributed by atoms with Crippen LogP contribution in [0.15, 0.2) is 29.2 Å². The van der Waals surface area contributed by atoms with Gasteiger partial charge in [-0.05, 0) is 56.9 Å². The van der Waals surface area contributed by atoms with E-state index in [1.807, 2.05) is 12.3 Å². The molecule has 4 heteroatoms. The quantitative estimate of drug-likeness (QED) is 0.832. The Morgan fingerprint density at radius 3 is 2.67 bits per heavy atom. The van der Waals surface area contributed by atoms with Crippen LogP contribution in [0.1, 0.15) is 26.7 Å². The second kappa shape index (κ2) is 8.35. The van der Waals surface area contributed by atoms with Crippen molar-refractivity contribution in [1.29, 1.82) is 0 Å². The van der Waals surface area contributed by atoms with Gasteiger partial charge < -0.3 is 14.8 Å². The van der Waals surface area contributed by atoms with Gasteiger partial charge in [0.25, 0.3) is 5.56 Å². The number of hydrogen-bond donors (Lipinski definition) is 1. The second-order valence-electron chi connectivity index (χ2n) is 6.57. The smallest absolute Gasteiger partial charge is 0.250 e. The molecule has 0 unspecified atom stereocenters. The van der Waals surface area contributed by atoms with E-state index >= 15 is 0 Å². The van der Waals surface area contributed by atoms with Crippen molar-refractivity contribution < 1.29 is 0 Å². The molecule has 4 nitrogen and oxygen atoms in total. The van der Waals surface area contributed by atoms with Crippen molar-refractivity contribution in [3.63, 3.8) is 0 Å². The van der Waals surface area contributed by atoms with Gasteiger partial charge in [0.1, 0.15) is 0 Å². The first-order chi connectivity index (χ1) is 10.1. The third kappa shape index (κ3) is 5.64. The summed E-state index contributed by atoms with van der Waals surface area (Å²) in [6.07, 6.45) is 4.43. The summed E-state index contributed by atoms with van der Waals surface area (Å²) >= 11 is 0. The summed E-state index contributed by atoms with van der Waals surface area (Å²) < 4.78 is 1.80. The average Bonchev–Trinajstić information content (AvgIpc) is 2.47. The van der Waals surface area contributed by atoms with Gasteiger partial charge in [0.05, 0.1) is 0 Å². The van der Waals surface area contributed by atoms with E-state index in [1.165, 1.54) is 12.8 Å². The molecule has 21 heavy (non-hydrogen) atoms. The van der Waals surface area contributed by atoms with E-state index < -0.39 is 0 Å². The summed E-state index contributed by atoms with van der Waals surface area (Å²) in [7, 11) is 0. The van der Waals surface area contributed by atoms with Gasteiger partial charge in [0.15, 0.2) is 0 Å². The summed E-state index contributed by atoms with van der Waals surface area (Å²) in [6.45, 7) is 10.9. The van der Waals surface area contributed by atoms with Gasteiger partial charge in [-0.15, -0.1) is 0 Å². The van der Waals surface area contributed by atoms with Crippen LogP contribution in [0.3, 0.4) is 0 Å². The van der Waals surface area contributed by atoms with E-state index in [2.05, 4.69) is 24.1 Å². The van der Waals surface area contributed by atoms with Crippen LogP contribution in [0.2, 0.25) is 0 Å². The molecular formula is C17H29N3O. The minimum absolute atomic E-state index is 0.102. The molecule has 1 saturated heterocycles. The van der Waals surface area contributed by atoms with E-state index in [1.54, 1.807) is 16.7 Å². The highest BCUT2D eigenvalue weighted by atomic mass is 16.1. The first-order valence-electron chi connectivity index (χ1n) is 8.23. The lowest BCUT2D eigenvalue weighted by Gasteiger charge is -2.32. The number of rotatable bonds is 7. The van der Waals surface area contributed by atoms with Gasteiger partial charge in [-0.1, -0.05) is 19.9 Å². The number of aromatic nitrogens is 1. The predicted molar refractivity (Wildman–Crippen MR) is 87.6 cm³/mol. The SMILES string of the molecule is CC(C)CNCC1CCN(CCn2ccccc2=O)CC1. The predicted octanol–water partition coefficient (Wildman–Crippen LogP) is 1.81. The number of piperidine rings is 1. The van der Waals surface area contributed by atoms with Crippen LogP contribution in [0, 0.1) is 11.8 Å². The van der Waals surface area contributed by atoms with Crippen molar-refractivity contribution in [2.75, 3.05) is 32.7 Å². The van der Waals surface area contributed by atoms with Crippen molar-refractivity contribution in [2.24, 2.45) is 11.8 Å². The molecule has 0 bridgehead atoms. The van der Waals surface area contributed by atoms with Crippen LogP contribution >= 0.6 is 0 Å². The molecule has 1 aliphatic heterocycles. The van der Waals surface area contributed by atoms with Gasteiger partial charge in [-0.2, -0.15) is 0 Å². The zero-order valence-electron chi connectivity index (χ0n) is 13.4. The van der Waals surface area contributed by atoms with Gasteiger partial charge >= 0.3 is 0 Å². The monoisotopic (exact) mass is 291 g/mol. The fourth-order valence-electron chi connectivity index (χ4n) is 2.88. The Morgan fingerprint density at radius 1 is 1.24 bits per heavy atom. The zero-order valence-corrected chi connectivity index (χ0v) is 13.4. The van der Waals surface area contributed by atoms with Crippen LogP contribution in [0.25, 0.3) is 0 Å². The summed E-state index contributed by atoms with van der Waals surface area (Å²) in [5.41, 5.74) is 0.102. The first kappa shape index (κ1) is 16.2. The molecule has 1 fully saturated rings. The molecule has 0 atom stereocenters. The fraction of sp³-hybridized carbons (Fsp3) is 0.706. The topological polar surface area (TPSA) is 37.3 Å². The van der Waals surface area contributed by atoms with E-state index in [4.69, 9.17) is 0 Å². The molecule has 0 radical (unpaired) electrons. The van der Waals surface area contributed by atoms with Crippen LogP contribution in [0.5, 0.6) is 0 Å². The highest BCUT2D eigenvalue weighted by molar-refractivity contribution is 4.93. The molecule has 0 amide bonds. The molecule has 0 aromatic carbocycles. The molecule has 1 aromatic rings. The minimum atomic E-state index is 0.102. The van der Waals surface area contributed by atoms with Crippen LogP contribution in [0.4, 0.5) is 0 Å². The Kier molecular flexibility index (Phi) is 6.46. The third-order valence-electron chi connectivity index (χ3n) is 4.25. The molecular weight excluding hydrogens is 262 g/mol. The molecule has 2 rings (SSSR count). The largest absolute Gasteiger partial charge is 0.316 e. The third-order valence-corrected chi connectivity index (χ3v) is 4.25. The number of pyridine rings is 1. The lowest BCUT2D eigenvalue weighted by molar-refractivity contribution is 0.176. The van der Waals surface area contributed by atoms with E-state index in [0.29, 0.717) is 0 Å². The van der Waals surface area contributed by atoms with Crippen molar-refractivity contribution in [1.82, 2.24) is 14.8 Å². The van der Waals surface area contributed by atoms with Crippen molar-refractivity contribution in [2.45, 2.75) is 33.2 Å². The highest BCUT2D eigenvalue weighted by Gasteiger charge is 2.18. The van der Waals surface area contributed by atoms with Crippen LogP contribution in [-0.4, -0.2) is 42.2 Å². The van der Waals surface area contributed by atoms with Gasteiger partial charge in [-0.3, -0.25) is 4.79 Å². The maximum atomic E-state index is 11.7. The molecule has 0 spiro atoms. The van der Waals surface area contributed by atoms with Crippen LogP contribution in [-0.2, 0) is 6.54 Å². The summed E-state index contributed by atoms with van der Waals surface area (Å²) in [5.74, 6) is 1.55. The molecule has 1 aromatic heterocycles. The summed E-state index contributed by atoms with van der Waals surface area (Å²) in [6, 6.07) is 5.36. The Morgan fingerprint density at radius 2 is 2.00 bits per heavy atom. The van der Waals surface area contributed by atoms with Crippen molar-refractivity contribution in [3.8, 4) is 0 Å². The highest BCUT2D eigenvalue weighted by Crippen LogP contribution is 2.16. The second-order valence-corrected chi connectivity index (χ2v) is 6.57. The normalized spacial score (nSPS) is 17.5. The molecule has 1 N–H and O–H groups in total. The van der Waals surface area contributed by atoms with Crippen molar-refractivity contribution >= 4 is 0 Å². The Labute approximate surface area is 128 Å². The maximum Gasteiger partial charge on any atom is 0.250 e. The number of hydrogen-bond acceptors (Lipinski definition) is 3. The lowest BCUT2D eigenvalue weighted by atomic mass is 9.96. The molecule has 2 heterocycles. The Hall–Kier alpha value is -1.13. The van der Waals surface area contributed by atoms with Crippen molar-refractivity contribution in [3.05, 3.63) is 34.7 Å².